The molecule has 0 spiro atoms. The van der Waals surface area contributed by atoms with Crippen molar-refractivity contribution in [2.24, 2.45) is 5.92 Å². The zero-order chi connectivity index (χ0) is 14.4. The summed E-state index contributed by atoms with van der Waals surface area (Å²) in [6.07, 6.45) is 2.00. The van der Waals surface area contributed by atoms with Crippen molar-refractivity contribution in [1.82, 2.24) is 10.0 Å². The molecule has 2 N–H and O–H groups in total. The van der Waals surface area contributed by atoms with Crippen molar-refractivity contribution in [3.63, 3.8) is 0 Å². The van der Waals surface area contributed by atoms with Gasteiger partial charge in [-0.05, 0) is 50.9 Å². The first-order valence-corrected chi connectivity index (χ1v) is 8.53. The van der Waals surface area contributed by atoms with Gasteiger partial charge in [0.15, 0.2) is 0 Å². The van der Waals surface area contributed by atoms with Crippen LogP contribution in [0.4, 0.5) is 0 Å². The molecule has 112 valence electrons. The van der Waals surface area contributed by atoms with E-state index >= 15 is 0 Å². The Labute approximate surface area is 120 Å². The molecule has 0 aromatic heterocycles. The van der Waals surface area contributed by atoms with E-state index in [0.29, 0.717) is 24.8 Å². The molecule has 1 aliphatic heterocycles. The van der Waals surface area contributed by atoms with Crippen LogP contribution in [0, 0.1) is 5.92 Å². The van der Waals surface area contributed by atoms with Crippen LogP contribution in [0.5, 0.6) is 5.75 Å². The Morgan fingerprint density at radius 2 is 2.30 bits per heavy atom. The van der Waals surface area contributed by atoms with E-state index in [4.69, 9.17) is 4.74 Å². The second-order valence-corrected chi connectivity index (χ2v) is 6.72. The minimum absolute atomic E-state index is 0.257. The normalized spacial score (nSPS) is 19.1. The predicted molar refractivity (Wildman–Crippen MR) is 78.4 cm³/mol. The lowest BCUT2D eigenvalue weighted by molar-refractivity contribution is 0.339. The highest BCUT2D eigenvalue weighted by atomic mass is 32.2. The lowest BCUT2D eigenvalue weighted by Gasteiger charge is -2.11. The van der Waals surface area contributed by atoms with Gasteiger partial charge in [0.25, 0.3) is 0 Å². The summed E-state index contributed by atoms with van der Waals surface area (Å²) in [5.41, 5.74) is 0. The summed E-state index contributed by atoms with van der Waals surface area (Å²) in [7, 11) is -3.44. The first kappa shape index (κ1) is 15.3. The third-order valence-electron chi connectivity index (χ3n) is 3.43. The quantitative estimate of drug-likeness (QED) is 0.798. The van der Waals surface area contributed by atoms with Gasteiger partial charge in [-0.15, -0.1) is 0 Å². The van der Waals surface area contributed by atoms with Crippen molar-refractivity contribution >= 4 is 10.0 Å². The van der Waals surface area contributed by atoms with Gasteiger partial charge in [0.2, 0.25) is 10.0 Å². The molecule has 0 radical (unpaired) electrons. The molecule has 5 nitrogen and oxygen atoms in total. The zero-order valence-corrected chi connectivity index (χ0v) is 12.6. The minimum Gasteiger partial charge on any atom is -0.494 e. The van der Waals surface area contributed by atoms with E-state index in [1.165, 1.54) is 0 Å². The molecule has 1 heterocycles. The maximum absolute atomic E-state index is 12.2. The fourth-order valence-electron chi connectivity index (χ4n) is 2.34. The summed E-state index contributed by atoms with van der Waals surface area (Å²) < 4.78 is 32.3. The lowest BCUT2D eigenvalue weighted by atomic mass is 10.1. The number of sulfonamides is 1. The monoisotopic (exact) mass is 298 g/mol. The van der Waals surface area contributed by atoms with E-state index in [2.05, 4.69) is 10.0 Å². The maximum atomic E-state index is 12.2. The van der Waals surface area contributed by atoms with Gasteiger partial charge < -0.3 is 10.1 Å². The van der Waals surface area contributed by atoms with Crippen molar-refractivity contribution in [2.75, 3.05) is 26.2 Å². The molecule has 1 aliphatic rings. The van der Waals surface area contributed by atoms with E-state index in [0.717, 1.165) is 25.9 Å². The van der Waals surface area contributed by atoms with Gasteiger partial charge in [-0.3, -0.25) is 0 Å². The van der Waals surface area contributed by atoms with Gasteiger partial charge in [0.1, 0.15) is 5.75 Å². The van der Waals surface area contributed by atoms with Gasteiger partial charge in [0, 0.05) is 12.6 Å². The number of hydrogen-bond acceptors (Lipinski definition) is 4. The highest BCUT2D eigenvalue weighted by molar-refractivity contribution is 7.89. The Bertz CT molecular complexity index is 525. The van der Waals surface area contributed by atoms with Crippen LogP contribution in [0.25, 0.3) is 0 Å². The smallest absolute Gasteiger partial charge is 0.240 e. The van der Waals surface area contributed by atoms with Crippen LogP contribution in [0.1, 0.15) is 19.8 Å². The highest BCUT2D eigenvalue weighted by Gasteiger charge is 2.17. The first-order valence-electron chi connectivity index (χ1n) is 7.05. The van der Waals surface area contributed by atoms with Crippen LogP contribution in [0.2, 0.25) is 0 Å². The summed E-state index contributed by atoms with van der Waals surface area (Å²) in [4.78, 5) is 0.257. The van der Waals surface area contributed by atoms with Crippen LogP contribution in [-0.4, -0.2) is 34.7 Å². The summed E-state index contributed by atoms with van der Waals surface area (Å²) in [6, 6.07) is 6.60. The van der Waals surface area contributed by atoms with Gasteiger partial charge in [-0.1, -0.05) is 6.07 Å². The van der Waals surface area contributed by atoms with Crippen molar-refractivity contribution in [3.8, 4) is 5.75 Å². The topological polar surface area (TPSA) is 67.4 Å². The van der Waals surface area contributed by atoms with E-state index in [1.54, 1.807) is 24.3 Å². The van der Waals surface area contributed by atoms with Gasteiger partial charge in [-0.25, -0.2) is 13.1 Å². The largest absolute Gasteiger partial charge is 0.494 e. The predicted octanol–water partition coefficient (Wildman–Crippen LogP) is 1.36. The highest BCUT2D eigenvalue weighted by Crippen LogP contribution is 2.18. The number of ether oxygens (including phenoxy) is 1. The molecular formula is C14H22N2O3S. The Morgan fingerprint density at radius 3 is 3.00 bits per heavy atom. The molecule has 0 saturated carbocycles. The van der Waals surface area contributed by atoms with Crippen LogP contribution < -0.4 is 14.8 Å². The first-order chi connectivity index (χ1) is 9.62. The molecule has 1 saturated heterocycles. The van der Waals surface area contributed by atoms with Gasteiger partial charge >= 0.3 is 0 Å². The molecule has 0 aliphatic carbocycles. The van der Waals surface area contributed by atoms with Crippen molar-refractivity contribution < 1.29 is 13.2 Å². The lowest BCUT2D eigenvalue weighted by Crippen LogP contribution is -2.26. The maximum Gasteiger partial charge on any atom is 0.240 e. The average molecular weight is 298 g/mol. The standard InChI is InChI=1S/C14H22N2O3S/c1-2-19-13-4-3-5-14(10-13)20(17,18)16-9-7-12-6-8-15-11-12/h3-5,10,12,15-16H,2,6-9,11H2,1H3. The van der Waals surface area contributed by atoms with E-state index in [9.17, 15) is 8.42 Å². The molecule has 1 aromatic rings. The van der Waals surface area contributed by atoms with E-state index in [-0.39, 0.29) is 4.90 Å². The number of rotatable bonds is 7. The summed E-state index contributed by atoms with van der Waals surface area (Å²) >= 11 is 0. The van der Waals surface area contributed by atoms with Crippen LogP contribution >= 0.6 is 0 Å². The summed E-state index contributed by atoms with van der Waals surface area (Å²) in [6.45, 7) is 4.89. The molecule has 0 amide bonds. The van der Waals surface area contributed by atoms with Crippen molar-refractivity contribution in [1.29, 1.82) is 0 Å². The molecule has 1 aromatic carbocycles. The SMILES string of the molecule is CCOc1cccc(S(=O)(=O)NCCC2CCNC2)c1. The Morgan fingerprint density at radius 1 is 1.45 bits per heavy atom. The molecule has 0 bridgehead atoms. The average Bonchev–Trinajstić information content (AvgIpc) is 2.92. The molecule has 1 fully saturated rings. The minimum atomic E-state index is -3.44. The van der Waals surface area contributed by atoms with Gasteiger partial charge in [-0.2, -0.15) is 0 Å². The molecule has 20 heavy (non-hydrogen) atoms. The molecular weight excluding hydrogens is 276 g/mol. The summed E-state index contributed by atoms with van der Waals surface area (Å²) in [5.74, 6) is 1.16. The number of benzene rings is 1. The second kappa shape index (κ2) is 7.06. The van der Waals surface area contributed by atoms with Crippen LogP contribution in [-0.2, 0) is 10.0 Å². The molecule has 6 heteroatoms. The molecule has 1 atom stereocenters. The number of hydrogen-bond donors (Lipinski definition) is 2. The van der Waals surface area contributed by atoms with Crippen molar-refractivity contribution in [3.05, 3.63) is 24.3 Å². The third-order valence-corrected chi connectivity index (χ3v) is 4.89. The van der Waals surface area contributed by atoms with Gasteiger partial charge in [0.05, 0.1) is 11.5 Å². The zero-order valence-electron chi connectivity index (χ0n) is 11.8. The summed E-state index contributed by atoms with van der Waals surface area (Å²) in [5, 5.41) is 3.28. The Kier molecular flexibility index (Phi) is 5.39. The molecule has 1 unspecified atom stereocenters. The van der Waals surface area contributed by atoms with Crippen molar-refractivity contribution in [2.45, 2.75) is 24.7 Å². The fraction of sp³-hybridized carbons (Fsp3) is 0.571. The van der Waals surface area contributed by atoms with E-state index in [1.807, 2.05) is 6.92 Å². The Balaban J connectivity index is 1.93. The molecule has 2 rings (SSSR count). The van der Waals surface area contributed by atoms with Crippen LogP contribution in [0.3, 0.4) is 0 Å². The van der Waals surface area contributed by atoms with E-state index < -0.39 is 10.0 Å². The second-order valence-electron chi connectivity index (χ2n) is 4.95. The fourth-order valence-corrected chi connectivity index (χ4v) is 3.42. The third kappa shape index (κ3) is 4.19. The Hall–Kier alpha value is -1.11. The van der Waals surface area contributed by atoms with Crippen LogP contribution in [0.15, 0.2) is 29.2 Å². The number of nitrogens with one attached hydrogen (secondary N) is 2.